The first-order valence-electron chi connectivity index (χ1n) is 9.45. The van der Waals surface area contributed by atoms with Crippen LogP contribution in [0.1, 0.15) is 26.3 Å². The Labute approximate surface area is 173 Å². The van der Waals surface area contributed by atoms with Gasteiger partial charge >= 0.3 is 0 Å². The summed E-state index contributed by atoms with van der Waals surface area (Å²) in [7, 11) is 0. The highest BCUT2D eigenvalue weighted by Crippen LogP contribution is 2.44. The molecule has 7 nitrogen and oxygen atoms in total. The predicted octanol–water partition coefficient (Wildman–Crippen LogP) is 6.09. The Morgan fingerprint density at radius 1 is 1.17 bits per heavy atom. The van der Waals surface area contributed by atoms with E-state index in [4.69, 9.17) is 4.42 Å². The number of hydrogen-bond donors (Lipinski definition) is 2. The van der Waals surface area contributed by atoms with Gasteiger partial charge < -0.3 is 14.7 Å². The molecule has 150 valence electrons. The number of nitrogens with one attached hydrogen (secondary N) is 2. The van der Waals surface area contributed by atoms with Crippen molar-refractivity contribution in [3.63, 3.8) is 0 Å². The van der Waals surface area contributed by atoms with Gasteiger partial charge in [0.05, 0.1) is 10.5 Å². The molecule has 0 bridgehead atoms. The summed E-state index contributed by atoms with van der Waals surface area (Å²) in [4.78, 5) is 14.0. The number of nitro groups is 1. The third-order valence-corrected chi connectivity index (χ3v) is 4.69. The maximum Gasteiger partial charge on any atom is 0.270 e. The van der Waals surface area contributed by atoms with Crippen LogP contribution >= 0.6 is 0 Å². The largest absolute Gasteiger partial charge is 0.439 e. The molecule has 0 fully saturated rings. The molecule has 0 unspecified atom stereocenters. The lowest BCUT2D eigenvalue weighted by Crippen LogP contribution is -2.26. The highest BCUT2D eigenvalue weighted by Gasteiger charge is 2.27. The summed E-state index contributed by atoms with van der Waals surface area (Å²) >= 11 is 0. The maximum absolute atomic E-state index is 11.3. The Hall–Kier alpha value is -4.05. The maximum atomic E-state index is 11.3. The molecular formula is C23H20N4O3. The van der Waals surface area contributed by atoms with Gasteiger partial charge in [-0.05, 0) is 32.4 Å². The molecule has 30 heavy (non-hydrogen) atoms. The molecule has 2 aromatic heterocycles. The van der Waals surface area contributed by atoms with E-state index in [1.54, 1.807) is 12.1 Å². The summed E-state index contributed by atoms with van der Waals surface area (Å²) < 4.78 is 6.20. The van der Waals surface area contributed by atoms with E-state index < -0.39 is 4.92 Å². The number of nitrogens with zero attached hydrogens (tertiary/aromatic N) is 2. The van der Waals surface area contributed by atoms with E-state index >= 15 is 0 Å². The summed E-state index contributed by atoms with van der Waals surface area (Å²) in [5.74, 6) is 0.822. The number of fused-ring (bicyclic) bond motifs is 1. The molecule has 4 rings (SSSR count). The van der Waals surface area contributed by atoms with E-state index in [-0.39, 0.29) is 11.2 Å². The van der Waals surface area contributed by atoms with Crippen molar-refractivity contribution >= 4 is 22.5 Å². The number of benzene rings is 2. The standard InChI is InChI=1S/C23H20N4O3/c1-23(2,3)26-22-20(14-7-6-8-15(11-14)27(28)29)17(12-24)21(30-22)18-13-25-19-10-5-4-9-16(18)19/h4-11,13,25-26H,1-3H3. The van der Waals surface area contributed by atoms with Crippen molar-refractivity contribution in [1.82, 2.24) is 4.98 Å². The van der Waals surface area contributed by atoms with E-state index in [1.165, 1.54) is 12.1 Å². The molecule has 0 aliphatic heterocycles. The van der Waals surface area contributed by atoms with Crippen LogP contribution in [0.4, 0.5) is 11.6 Å². The third-order valence-electron chi connectivity index (χ3n) is 4.69. The second-order valence-corrected chi connectivity index (χ2v) is 8.05. The number of aromatic amines is 1. The van der Waals surface area contributed by atoms with Crippen molar-refractivity contribution in [2.24, 2.45) is 0 Å². The first-order chi connectivity index (χ1) is 14.3. The molecule has 0 saturated heterocycles. The third kappa shape index (κ3) is 3.40. The number of rotatable bonds is 4. The fraction of sp³-hybridized carbons (Fsp3) is 0.174. The van der Waals surface area contributed by atoms with Gasteiger partial charge in [0.25, 0.3) is 5.69 Å². The number of non-ortho nitro benzene ring substituents is 1. The summed E-state index contributed by atoms with van der Waals surface area (Å²) in [6.45, 7) is 5.93. The van der Waals surface area contributed by atoms with Crippen LogP contribution in [0.3, 0.4) is 0 Å². The van der Waals surface area contributed by atoms with Crippen LogP contribution in [-0.2, 0) is 0 Å². The van der Waals surface area contributed by atoms with Gasteiger partial charge in [-0.25, -0.2) is 0 Å². The van der Waals surface area contributed by atoms with Gasteiger partial charge in [-0.1, -0.05) is 30.3 Å². The summed E-state index contributed by atoms with van der Waals surface area (Å²) in [6, 6.07) is 16.2. The Bertz CT molecular complexity index is 1300. The normalized spacial score (nSPS) is 11.4. The number of furan rings is 1. The smallest absolute Gasteiger partial charge is 0.270 e. The Balaban J connectivity index is 2.00. The van der Waals surface area contributed by atoms with E-state index in [2.05, 4.69) is 16.4 Å². The quantitative estimate of drug-likeness (QED) is 0.318. The highest BCUT2D eigenvalue weighted by atomic mass is 16.6. The van der Waals surface area contributed by atoms with Crippen LogP contribution in [0.25, 0.3) is 33.4 Å². The van der Waals surface area contributed by atoms with Crippen molar-refractivity contribution in [3.05, 3.63) is 70.4 Å². The molecule has 0 amide bonds. The lowest BCUT2D eigenvalue weighted by molar-refractivity contribution is -0.384. The number of aromatic nitrogens is 1. The monoisotopic (exact) mass is 400 g/mol. The molecule has 0 aliphatic rings. The number of hydrogen-bond acceptors (Lipinski definition) is 5. The summed E-state index contributed by atoms with van der Waals surface area (Å²) in [5, 5.41) is 25.6. The lowest BCUT2D eigenvalue weighted by atomic mass is 9.98. The molecule has 2 N–H and O–H groups in total. The van der Waals surface area contributed by atoms with Gasteiger partial charge in [-0.2, -0.15) is 5.26 Å². The molecule has 7 heteroatoms. The van der Waals surface area contributed by atoms with Crippen LogP contribution in [0.2, 0.25) is 0 Å². The van der Waals surface area contributed by atoms with Gasteiger partial charge in [0.15, 0.2) is 5.76 Å². The Kier molecular flexibility index (Phi) is 4.55. The van der Waals surface area contributed by atoms with Gasteiger partial charge in [-0.15, -0.1) is 0 Å². The second-order valence-electron chi connectivity index (χ2n) is 8.05. The average molecular weight is 400 g/mol. The number of para-hydroxylation sites is 1. The van der Waals surface area contributed by atoms with Crippen LogP contribution in [-0.4, -0.2) is 15.4 Å². The molecule has 0 radical (unpaired) electrons. The van der Waals surface area contributed by atoms with E-state index in [0.717, 1.165) is 16.5 Å². The zero-order chi connectivity index (χ0) is 21.5. The second kappa shape index (κ2) is 7.08. The van der Waals surface area contributed by atoms with Crippen LogP contribution in [0.15, 0.2) is 59.1 Å². The van der Waals surface area contributed by atoms with Gasteiger partial charge in [0.1, 0.15) is 11.6 Å². The first-order valence-corrected chi connectivity index (χ1v) is 9.45. The predicted molar refractivity (Wildman–Crippen MR) is 116 cm³/mol. The number of anilines is 1. The van der Waals surface area contributed by atoms with E-state index in [1.807, 2.05) is 51.2 Å². The first kappa shape index (κ1) is 19.3. The minimum Gasteiger partial charge on any atom is -0.439 e. The van der Waals surface area contributed by atoms with Gasteiger partial charge in [0, 0.05) is 40.3 Å². The van der Waals surface area contributed by atoms with E-state index in [0.29, 0.717) is 28.3 Å². The molecule has 0 atom stereocenters. The van der Waals surface area contributed by atoms with Crippen molar-refractivity contribution in [2.45, 2.75) is 26.3 Å². The minimum absolute atomic E-state index is 0.0482. The highest BCUT2D eigenvalue weighted by molar-refractivity contribution is 5.98. The number of nitro benzene ring substituents is 1. The average Bonchev–Trinajstić information content (AvgIpc) is 3.27. The summed E-state index contributed by atoms with van der Waals surface area (Å²) in [6.07, 6.45) is 1.81. The zero-order valence-corrected chi connectivity index (χ0v) is 16.8. The molecule has 0 saturated carbocycles. The van der Waals surface area contributed by atoms with Gasteiger partial charge in [0.2, 0.25) is 5.88 Å². The summed E-state index contributed by atoms with van der Waals surface area (Å²) in [5.41, 5.74) is 2.67. The Morgan fingerprint density at radius 2 is 1.93 bits per heavy atom. The minimum atomic E-state index is -0.451. The lowest BCUT2D eigenvalue weighted by Gasteiger charge is -2.21. The topological polar surface area (TPSA) is 108 Å². The van der Waals surface area contributed by atoms with E-state index in [9.17, 15) is 15.4 Å². The number of nitriles is 1. The van der Waals surface area contributed by atoms with Crippen molar-refractivity contribution in [2.75, 3.05) is 5.32 Å². The fourth-order valence-electron chi connectivity index (χ4n) is 3.47. The van der Waals surface area contributed by atoms with Crippen LogP contribution in [0, 0.1) is 21.4 Å². The van der Waals surface area contributed by atoms with Gasteiger partial charge in [-0.3, -0.25) is 10.1 Å². The molecule has 2 aromatic carbocycles. The zero-order valence-electron chi connectivity index (χ0n) is 16.8. The molecule has 4 aromatic rings. The fourth-order valence-corrected chi connectivity index (χ4v) is 3.47. The molecule has 2 heterocycles. The number of H-pyrrole nitrogens is 1. The van der Waals surface area contributed by atoms with Crippen molar-refractivity contribution < 1.29 is 9.34 Å². The van der Waals surface area contributed by atoms with Crippen molar-refractivity contribution in [3.8, 4) is 28.5 Å². The molecular weight excluding hydrogens is 380 g/mol. The van der Waals surface area contributed by atoms with Crippen LogP contribution < -0.4 is 5.32 Å². The SMILES string of the molecule is CC(C)(C)Nc1oc(-c2c[nH]c3ccccc23)c(C#N)c1-c1cccc([N+](=O)[O-])c1. The Morgan fingerprint density at radius 3 is 2.63 bits per heavy atom. The van der Waals surface area contributed by atoms with Crippen molar-refractivity contribution in [1.29, 1.82) is 5.26 Å². The molecule has 0 spiro atoms. The molecule has 0 aliphatic carbocycles. The van der Waals surface area contributed by atoms with Crippen LogP contribution in [0.5, 0.6) is 0 Å².